The van der Waals surface area contributed by atoms with Crippen molar-refractivity contribution in [1.29, 1.82) is 0 Å². The molecule has 0 radical (unpaired) electrons. The number of halogens is 2. The molecule has 1 rings (SSSR count). The van der Waals surface area contributed by atoms with Crippen molar-refractivity contribution in [2.24, 2.45) is 0 Å². The summed E-state index contributed by atoms with van der Waals surface area (Å²) in [5.41, 5.74) is 6.91. The zero-order chi connectivity index (χ0) is 9.14. The Morgan fingerprint density at radius 2 is 2.25 bits per heavy atom. The van der Waals surface area contributed by atoms with E-state index >= 15 is 0 Å². The molecule has 0 fully saturated rings. The number of hydrogen-bond acceptors (Lipinski definition) is 1. The average Bonchev–Trinajstić information content (AvgIpc) is 2.03. The van der Waals surface area contributed by atoms with Crippen molar-refractivity contribution in [3.63, 3.8) is 0 Å². The van der Waals surface area contributed by atoms with Crippen LogP contribution in [0.3, 0.4) is 0 Å². The van der Waals surface area contributed by atoms with Crippen LogP contribution in [0.5, 0.6) is 0 Å². The van der Waals surface area contributed by atoms with Crippen molar-refractivity contribution in [3.05, 3.63) is 28.8 Å². The molecule has 1 aromatic rings. The van der Waals surface area contributed by atoms with Gasteiger partial charge in [0.1, 0.15) is 0 Å². The van der Waals surface area contributed by atoms with Gasteiger partial charge in [-0.15, -0.1) is 0 Å². The molecule has 3 heteroatoms. The van der Waals surface area contributed by atoms with Crippen molar-refractivity contribution in [3.8, 4) is 0 Å². The third-order valence-corrected chi connectivity index (χ3v) is 2.11. The van der Waals surface area contributed by atoms with E-state index in [0.717, 1.165) is 5.56 Å². The number of nitrogens with two attached hydrogens (primary N) is 1. The fourth-order valence-electron chi connectivity index (χ4n) is 1.03. The molecule has 0 bridgehead atoms. The summed E-state index contributed by atoms with van der Waals surface area (Å²) >= 11 is 5.86. The fourth-order valence-corrected chi connectivity index (χ4v) is 1.40. The quantitative estimate of drug-likeness (QED) is 0.708. The molecule has 0 aromatic heterocycles. The van der Waals surface area contributed by atoms with Gasteiger partial charge in [0, 0.05) is 16.6 Å². The molecular formula is C9H11ClFN. The number of alkyl halides is 1. The smallest absolute Gasteiger partial charge is 0.0960 e. The lowest BCUT2D eigenvalue weighted by atomic mass is 10.0. The molecule has 1 nitrogen and oxygen atoms in total. The van der Waals surface area contributed by atoms with E-state index in [2.05, 4.69) is 0 Å². The van der Waals surface area contributed by atoms with Crippen LogP contribution >= 0.6 is 11.6 Å². The van der Waals surface area contributed by atoms with Crippen molar-refractivity contribution < 1.29 is 4.39 Å². The molecule has 0 saturated heterocycles. The van der Waals surface area contributed by atoms with E-state index in [-0.39, 0.29) is 5.92 Å². The fraction of sp³-hybridized carbons (Fsp3) is 0.333. The van der Waals surface area contributed by atoms with Crippen LogP contribution < -0.4 is 5.73 Å². The van der Waals surface area contributed by atoms with Crippen molar-refractivity contribution >= 4 is 17.3 Å². The lowest BCUT2D eigenvalue weighted by Gasteiger charge is -2.09. The van der Waals surface area contributed by atoms with Gasteiger partial charge in [0.2, 0.25) is 0 Å². The van der Waals surface area contributed by atoms with Gasteiger partial charge in [-0.25, -0.2) is 0 Å². The Morgan fingerprint density at radius 3 is 2.75 bits per heavy atom. The second-order valence-corrected chi connectivity index (χ2v) is 3.24. The van der Waals surface area contributed by atoms with Crippen molar-refractivity contribution in [2.75, 3.05) is 12.4 Å². The van der Waals surface area contributed by atoms with Crippen LogP contribution in [0.2, 0.25) is 5.02 Å². The number of hydrogen-bond donors (Lipinski definition) is 1. The van der Waals surface area contributed by atoms with Crippen LogP contribution in [0.1, 0.15) is 18.4 Å². The highest BCUT2D eigenvalue weighted by Gasteiger charge is 2.08. The van der Waals surface area contributed by atoms with Crippen molar-refractivity contribution in [2.45, 2.75) is 12.8 Å². The Balaban J connectivity index is 3.01. The van der Waals surface area contributed by atoms with E-state index in [1.54, 1.807) is 25.1 Å². The molecule has 0 aliphatic carbocycles. The summed E-state index contributed by atoms with van der Waals surface area (Å²) in [6.45, 7) is 1.39. The molecular weight excluding hydrogens is 177 g/mol. The third kappa shape index (κ3) is 1.89. The van der Waals surface area contributed by atoms with Crippen LogP contribution in [0.4, 0.5) is 10.1 Å². The topological polar surface area (TPSA) is 26.0 Å². The number of rotatable bonds is 2. The minimum atomic E-state index is -0.399. The number of anilines is 1. The Kier molecular flexibility index (Phi) is 2.93. The summed E-state index contributed by atoms with van der Waals surface area (Å²) in [4.78, 5) is 0. The molecule has 1 aromatic carbocycles. The minimum absolute atomic E-state index is 0.155. The molecule has 0 aliphatic rings. The molecule has 12 heavy (non-hydrogen) atoms. The highest BCUT2D eigenvalue weighted by molar-refractivity contribution is 6.31. The summed E-state index contributed by atoms with van der Waals surface area (Å²) in [5, 5.41) is 0.542. The van der Waals surface area contributed by atoms with Gasteiger partial charge in [-0.1, -0.05) is 24.6 Å². The zero-order valence-corrected chi connectivity index (χ0v) is 7.61. The van der Waals surface area contributed by atoms with Gasteiger partial charge in [0.15, 0.2) is 0 Å². The SMILES string of the molecule is CC(CF)c1ccc(N)cc1Cl. The number of nitrogen functional groups attached to an aromatic ring is 1. The predicted molar refractivity (Wildman–Crippen MR) is 50.3 cm³/mol. The highest BCUT2D eigenvalue weighted by Crippen LogP contribution is 2.26. The van der Waals surface area contributed by atoms with Crippen LogP contribution in [0.25, 0.3) is 0 Å². The first kappa shape index (κ1) is 9.33. The van der Waals surface area contributed by atoms with E-state index in [0.29, 0.717) is 10.7 Å². The van der Waals surface area contributed by atoms with Gasteiger partial charge >= 0.3 is 0 Å². The van der Waals surface area contributed by atoms with Crippen LogP contribution in [0, 0.1) is 0 Å². The molecule has 0 saturated carbocycles. The monoisotopic (exact) mass is 187 g/mol. The molecule has 66 valence electrons. The maximum atomic E-state index is 12.3. The first-order valence-corrected chi connectivity index (χ1v) is 4.14. The van der Waals surface area contributed by atoms with Crippen LogP contribution in [0.15, 0.2) is 18.2 Å². The molecule has 1 unspecified atom stereocenters. The molecule has 1 atom stereocenters. The summed E-state index contributed by atoms with van der Waals surface area (Å²) in [6, 6.07) is 5.14. The molecule has 0 aliphatic heterocycles. The lowest BCUT2D eigenvalue weighted by molar-refractivity contribution is 0.447. The molecule has 0 heterocycles. The molecule has 0 amide bonds. The van der Waals surface area contributed by atoms with Crippen molar-refractivity contribution in [1.82, 2.24) is 0 Å². The third-order valence-electron chi connectivity index (χ3n) is 1.79. The zero-order valence-electron chi connectivity index (χ0n) is 6.85. The van der Waals surface area contributed by atoms with E-state index < -0.39 is 6.67 Å². The summed E-state index contributed by atoms with van der Waals surface area (Å²) in [6.07, 6.45) is 0. The van der Waals surface area contributed by atoms with Gasteiger partial charge in [-0.2, -0.15) is 0 Å². The van der Waals surface area contributed by atoms with E-state index in [1.165, 1.54) is 0 Å². The summed E-state index contributed by atoms with van der Waals surface area (Å²) < 4.78 is 12.3. The minimum Gasteiger partial charge on any atom is -0.399 e. The Hall–Kier alpha value is -0.760. The second-order valence-electron chi connectivity index (χ2n) is 2.84. The Morgan fingerprint density at radius 1 is 1.58 bits per heavy atom. The average molecular weight is 188 g/mol. The van der Waals surface area contributed by atoms with E-state index in [4.69, 9.17) is 17.3 Å². The van der Waals surface area contributed by atoms with Gasteiger partial charge < -0.3 is 5.73 Å². The molecule has 0 spiro atoms. The Bertz CT molecular complexity index is 275. The first-order valence-electron chi connectivity index (χ1n) is 3.76. The van der Waals surface area contributed by atoms with Crippen LogP contribution in [-0.2, 0) is 0 Å². The Labute approximate surface area is 76.3 Å². The van der Waals surface area contributed by atoms with E-state index in [1.807, 2.05) is 0 Å². The van der Waals surface area contributed by atoms with Gasteiger partial charge in [0.05, 0.1) is 6.67 Å². The van der Waals surface area contributed by atoms with Gasteiger partial charge in [-0.05, 0) is 17.7 Å². The molecule has 2 N–H and O–H groups in total. The highest BCUT2D eigenvalue weighted by atomic mass is 35.5. The van der Waals surface area contributed by atoms with Crippen LogP contribution in [-0.4, -0.2) is 6.67 Å². The van der Waals surface area contributed by atoms with Gasteiger partial charge in [0.25, 0.3) is 0 Å². The maximum absolute atomic E-state index is 12.3. The summed E-state index contributed by atoms with van der Waals surface area (Å²) in [7, 11) is 0. The standard InChI is InChI=1S/C9H11ClFN/c1-6(5-11)8-3-2-7(12)4-9(8)10/h2-4,6H,5,12H2,1H3. The number of benzene rings is 1. The van der Waals surface area contributed by atoms with E-state index in [9.17, 15) is 4.39 Å². The maximum Gasteiger partial charge on any atom is 0.0960 e. The predicted octanol–water partition coefficient (Wildman–Crippen LogP) is 3.00. The second kappa shape index (κ2) is 3.76. The van der Waals surface area contributed by atoms with Gasteiger partial charge in [-0.3, -0.25) is 4.39 Å². The summed E-state index contributed by atoms with van der Waals surface area (Å²) in [5.74, 6) is -0.155. The lowest BCUT2D eigenvalue weighted by Crippen LogP contribution is -1.97. The normalized spacial score (nSPS) is 12.9. The first-order chi connectivity index (χ1) is 5.65. The largest absolute Gasteiger partial charge is 0.399 e.